The quantitative estimate of drug-likeness (QED) is 0.352. The third-order valence-electron chi connectivity index (χ3n) is 3.31. The maximum atomic E-state index is 12.5. The number of hydrazone groups is 1. The molecule has 0 fully saturated rings. The van der Waals surface area contributed by atoms with Gasteiger partial charge in [-0.05, 0) is 72.5 Å². The lowest BCUT2D eigenvalue weighted by Gasteiger charge is -2.19. The minimum Gasteiger partial charge on any atom is -0.271 e. The number of rotatable bonds is 8. The monoisotopic (exact) mass is 465 g/mol. The Labute approximate surface area is 157 Å². The van der Waals surface area contributed by atoms with Crippen LogP contribution in [-0.4, -0.2) is 26.1 Å². The van der Waals surface area contributed by atoms with Crippen molar-refractivity contribution in [2.24, 2.45) is 11.0 Å². The fourth-order valence-corrected chi connectivity index (χ4v) is 3.42. The molecule has 0 saturated heterocycles. The van der Waals surface area contributed by atoms with E-state index in [0.717, 1.165) is 9.28 Å². The maximum absolute atomic E-state index is 12.5. The average Bonchev–Trinajstić information content (AvgIpc) is 2.51. The molecule has 0 aliphatic heterocycles. The van der Waals surface area contributed by atoms with E-state index in [1.807, 2.05) is 20.8 Å². The predicted molar refractivity (Wildman–Crippen MR) is 104 cm³/mol. The lowest BCUT2D eigenvalue weighted by molar-refractivity contribution is -0.123. The van der Waals surface area contributed by atoms with Crippen LogP contribution in [0.5, 0.6) is 0 Å². The van der Waals surface area contributed by atoms with Gasteiger partial charge in [-0.2, -0.15) is 9.82 Å². The second-order valence-corrected chi connectivity index (χ2v) is 8.89. The van der Waals surface area contributed by atoms with Crippen molar-refractivity contribution < 1.29 is 13.2 Å². The molecule has 0 heterocycles. The molecule has 1 aromatic carbocycles. The zero-order valence-electron chi connectivity index (χ0n) is 14.3. The highest BCUT2D eigenvalue weighted by molar-refractivity contribution is 14.1. The molecule has 0 radical (unpaired) electrons. The molecule has 0 aromatic heterocycles. The number of amides is 1. The second-order valence-electron chi connectivity index (χ2n) is 5.93. The molecule has 6 nitrogen and oxygen atoms in total. The number of carbonyl (C=O) groups excluding carboxylic acids is 1. The van der Waals surface area contributed by atoms with E-state index in [1.165, 1.54) is 12.1 Å². The lowest BCUT2D eigenvalue weighted by atomic mass is 10.0. The SMILES string of the molecule is CCC(C)=NNC(=O)C(CC(C)C)NS(=O)(=O)c1ccc(I)cc1. The molecule has 0 spiro atoms. The predicted octanol–water partition coefficient (Wildman–Crippen LogP) is 2.89. The maximum Gasteiger partial charge on any atom is 0.258 e. The van der Waals surface area contributed by atoms with Crippen molar-refractivity contribution in [2.45, 2.75) is 51.5 Å². The summed E-state index contributed by atoms with van der Waals surface area (Å²) in [5.74, 6) is -0.304. The molecule has 1 unspecified atom stereocenters. The summed E-state index contributed by atoms with van der Waals surface area (Å²) < 4.78 is 28.4. The Balaban J connectivity index is 2.96. The Hall–Kier alpha value is -1.000. The van der Waals surface area contributed by atoms with Crippen LogP contribution >= 0.6 is 22.6 Å². The molecular formula is C16H24IN3O3S. The van der Waals surface area contributed by atoms with E-state index in [1.54, 1.807) is 19.1 Å². The minimum absolute atomic E-state index is 0.137. The summed E-state index contributed by atoms with van der Waals surface area (Å²) in [7, 11) is -3.77. The Kier molecular flexibility index (Phi) is 8.31. The van der Waals surface area contributed by atoms with Gasteiger partial charge in [0.25, 0.3) is 5.91 Å². The number of carbonyl (C=O) groups is 1. The van der Waals surface area contributed by atoms with Crippen LogP contribution in [-0.2, 0) is 14.8 Å². The van der Waals surface area contributed by atoms with Gasteiger partial charge in [0.15, 0.2) is 0 Å². The molecule has 0 saturated carbocycles. The third kappa shape index (κ3) is 6.86. The van der Waals surface area contributed by atoms with Gasteiger partial charge in [-0.25, -0.2) is 13.8 Å². The second kappa shape index (κ2) is 9.47. The summed E-state index contributed by atoms with van der Waals surface area (Å²) in [6.45, 7) is 7.59. The van der Waals surface area contributed by atoms with Crippen molar-refractivity contribution in [1.29, 1.82) is 0 Å². The van der Waals surface area contributed by atoms with Crippen LogP contribution in [0.25, 0.3) is 0 Å². The first-order valence-electron chi connectivity index (χ1n) is 7.76. The van der Waals surface area contributed by atoms with Gasteiger partial charge >= 0.3 is 0 Å². The van der Waals surface area contributed by atoms with E-state index in [0.29, 0.717) is 12.8 Å². The van der Waals surface area contributed by atoms with Crippen molar-refractivity contribution in [3.8, 4) is 0 Å². The van der Waals surface area contributed by atoms with Crippen LogP contribution in [0.15, 0.2) is 34.3 Å². The van der Waals surface area contributed by atoms with Crippen molar-refractivity contribution in [1.82, 2.24) is 10.1 Å². The molecular weight excluding hydrogens is 441 g/mol. The van der Waals surface area contributed by atoms with Crippen LogP contribution < -0.4 is 10.1 Å². The highest BCUT2D eigenvalue weighted by Gasteiger charge is 2.26. The number of benzene rings is 1. The molecule has 0 bridgehead atoms. The Morgan fingerprint density at radius 1 is 1.25 bits per heavy atom. The highest BCUT2D eigenvalue weighted by atomic mass is 127. The third-order valence-corrected chi connectivity index (χ3v) is 5.52. The molecule has 2 N–H and O–H groups in total. The number of halogens is 1. The van der Waals surface area contributed by atoms with Crippen molar-refractivity contribution in [3.05, 3.63) is 27.8 Å². The normalized spacial score (nSPS) is 13.8. The lowest BCUT2D eigenvalue weighted by Crippen LogP contribution is -2.46. The van der Waals surface area contributed by atoms with E-state index < -0.39 is 22.0 Å². The number of hydrogen-bond acceptors (Lipinski definition) is 4. The van der Waals surface area contributed by atoms with Gasteiger partial charge in [0, 0.05) is 9.28 Å². The fourth-order valence-electron chi connectivity index (χ4n) is 1.86. The molecule has 134 valence electrons. The Morgan fingerprint density at radius 2 is 1.83 bits per heavy atom. The topological polar surface area (TPSA) is 87.6 Å². The molecule has 1 rings (SSSR count). The first-order chi connectivity index (χ1) is 11.2. The zero-order valence-corrected chi connectivity index (χ0v) is 17.3. The van der Waals surface area contributed by atoms with Gasteiger partial charge in [-0.15, -0.1) is 0 Å². The van der Waals surface area contributed by atoms with Gasteiger partial charge in [0.05, 0.1) is 4.90 Å². The number of sulfonamides is 1. The van der Waals surface area contributed by atoms with Crippen LogP contribution in [0.2, 0.25) is 0 Å². The molecule has 0 aliphatic carbocycles. The minimum atomic E-state index is -3.77. The first kappa shape index (κ1) is 21.0. The van der Waals surface area contributed by atoms with Crippen molar-refractivity contribution in [2.75, 3.05) is 0 Å². The number of nitrogens with zero attached hydrogens (tertiary/aromatic N) is 1. The zero-order chi connectivity index (χ0) is 18.3. The van der Waals surface area contributed by atoms with Crippen LogP contribution in [0.4, 0.5) is 0 Å². The standard InChI is InChI=1S/C16H24IN3O3S/c1-5-12(4)18-19-16(21)15(10-11(2)3)20-24(22,23)14-8-6-13(17)7-9-14/h6-9,11,15,20H,5,10H2,1-4H3,(H,19,21). The van der Waals surface area contributed by atoms with E-state index >= 15 is 0 Å². The van der Waals surface area contributed by atoms with E-state index in [-0.39, 0.29) is 10.8 Å². The average molecular weight is 465 g/mol. The Morgan fingerprint density at radius 3 is 2.33 bits per heavy atom. The summed E-state index contributed by atoms with van der Waals surface area (Å²) >= 11 is 2.10. The van der Waals surface area contributed by atoms with Crippen LogP contribution in [0.1, 0.15) is 40.5 Å². The summed E-state index contributed by atoms with van der Waals surface area (Å²) in [5.41, 5.74) is 3.21. The summed E-state index contributed by atoms with van der Waals surface area (Å²) in [6.07, 6.45) is 1.10. The highest BCUT2D eigenvalue weighted by Crippen LogP contribution is 2.14. The summed E-state index contributed by atoms with van der Waals surface area (Å²) in [5, 5.41) is 3.97. The van der Waals surface area contributed by atoms with Gasteiger partial charge in [0.2, 0.25) is 10.0 Å². The number of hydrogen-bond donors (Lipinski definition) is 2. The van der Waals surface area contributed by atoms with Crippen molar-refractivity contribution in [3.63, 3.8) is 0 Å². The summed E-state index contributed by atoms with van der Waals surface area (Å²) in [4.78, 5) is 12.5. The molecule has 0 aliphatic rings. The number of nitrogens with one attached hydrogen (secondary N) is 2. The summed E-state index contributed by atoms with van der Waals surface area (Å²) in [6, 6.07) is 5.59. The molecule has 8 heteroatoms. The van der Waals surface area contributed by atoms with Gasteiger partial charge in [0.1, 0.15) is 6.04 Å². The Bertz CT molecular complexity index is 685. The molecule has 24 heavy (non-hydrogen) atoms. The van der Waals surface area contributed by atoms with E-state index in [2.05, 4.69) is 37.8 Å². The van der Waals surface area contributed by atoms with Gasteiger partial charge in [-0.3, -0.25) is 4.79 Å². The molecule has 1 aromatic rings. The van der Waals surface area contributed by atoms with E-state index in [9.17, 15) is 13.2 Å². The largest absolute Gasteiger partial charge is 0.271 e. The van der Waals surface area contributed by atoms with Crippen LogP contribution in [0.3, 0.4) is 0 Å². The molecule has 1 atom stereocenters. The van der Waals surface area contributed by atoms with Crippen LogP contribution in [0, 0.1) is 9.49 Å². The van der Waals surface area contributed by atoms with E-state index in [4.69, 9.17) is 0 Å². The van der Waals surface area contributed by atoms with Gasteiger partial charge < -0.3 is 0 Å². The fraction of sp³-hybridized carbons (Fsp3) is 0.500. The smallest absolute Gasteiger partial charge is 0.258 e. The van der Waals surface area contributed by atoms with Crippen molar-refractivity contribution >= 4 is 44.2 Å². The first-order valence-corrected chi connectivity index (χ1v) is 10.3. The van der Waals surface area contributed by atoms with Gasteiger partial charge in [-0.1, -0.05) is 20.8 Å². The molecule has 1 amide bonds.